The Morgan fingerprint density at radius 3 is 2.21 bits per heavy atom. The minimum atomic E-state index is 0.132. The van der Waals surface area contributed by atoms with Gasteiger partial charge in [-0.05, 0) is 52.6 Å². The third-order valence-electron chi connectivity index (χ3n) is 7.37. The molecule has 0 unspecified atom stereocenters. The number of nitrogens with zero attached hydrogens (tertiary/aromatic N) is 3. The Kier molecular flexibility index (Phi) is 4.60. The van der Waals surface area contributed by atoms with Gasteiger partial charge < -0.3 is 9.84 Å². The van der Waals surface area contributed by atoms with Crippen LogP contribution in [-0.4, -0.2) is 19.6 Å². The first-order chi connectivity index (χ1) is 19.2. The van der Waals surface area contributed by atoms with Gasteiger partial charge in [0.1, 0.15) is 22.8 Å². The van der Waals surface area contributed by atoms with Gasteiger partial charge in [-0.25, -0.2) is 9.97 Å². The number of para-hydroxylation sites is 1. The number of fused-ring (bicyclic) bond motifs is 7. The molecule has 0 spiro atoms. The number of aromatic hydroxyl groups is 1. The maximum absolute atomic E-state index is 10.7. The number of hydrogen-bond donors (Lipinski definition) is 1. The summed E-state index contributed by atoms with van der Waals surface area (Å²) in [6.45, 7) is 0. The zero-order valence-corrected chi connectivity index (χ0v) is 20.7. The molecule has 0 radical (unpaired) electrons. The minimum Gasteiger partial charge on any atom is -0.506 e. The van der Waals surface area contributed by atoms with E-state index in [0.29, 0.717) is 17.1 Å². The molecule has 8 rings (SSSR count). The molecule has 0 saturated heterocycles. The molecule has 5 aromatic carbocycles. The molecular weight excluding hydrogens is 482 g/mol. The molecule has 184 valence electrons. The topological polar surface area (TPSA) is 60.2 Å². The average Bonchev–Trinajstić information content (AvgIpc) is 3.31. The van der Waals surface area contributed by atoms with E-state index in [1.165, 1.54) is 0 Å². The lowest BCUT2D eigenvalue weighted by atomic mass is 10.0. The number of aromatic nitrogens is 3. The van der Waals surface area contributed by atoms with E-state index in [2.05, 4.69) is 52.0 Å². The number of rotatable bonds is 3. The van der Waals surface area contributed by atoms with E-state index < -0.39 is 0 Å². The van der Waals surface area contributed by atoms with Crippen molar-refractivity contribution in [3.05, 3.63) is 121 Å². The Balaban J connectivity index is 1.28. The summed E-state index contributed by atoms with van der Waals surface area (Å²) in [5.74, 6) is 2.04. The van der Waals surface area contributed by atoms with Crippen molar-refractivity contribution in [2.24, 2.45) is 0 Å². The summed E-state index contributed by atoms with van der Waals surface area (Å²) in [7, 11) is 0. The Labute approximate surface area is 223 Å². The van der Waals surface area contributed by atoms with E-state index in [-0.39, 0.29) is 5.75 Å². The van der Waals surface area contributed by atoms with Gasteiger partial charge in [0.2, 0.25) is 5.88 Å². The van der Waals surface area contributed by atoms with Crippen molar-refractivity contribution in [2.75, 3.05) is 0 Å². The van der Waals surface area contributed by atoms with Crippen molar-refractivity contribution in [1.29, 1.82) is 0 Å². The molecule has 0 aliphatic carbocycles. The normalized spacial score (nSPS) is 11.7. The largest absolute Gasteiger partial charge is 0.506 e. The fourth-order valence-corrected chi connectivity index (χ4v) is 5.57. The summed E-state index contributed by atoms with van der Waals surface area (Å²) in [5, 5.41) is 18.1. The summed E-state index contributed by atoms with van der Waals surface area (Å²) in [4.78, 5) is 9.48. The highest BCUT2D eigenvalue weighted by molar-refractivity contribution is 6.10. The molecule has 0 aliphatic heterocycles. The highest BCUT2D eigenvalue weighted by atomic mass is 16.5. The van der Waals surface area contributed by atoms with Crippen LogP contribution in [0.3, 0.4) is 0 Å². The van der Waals surface area contributed by atoms with E-state index in [4.69, 9.17) is 9.72 Å². The molecule has 0 fully saturated rings. The molecule has 8 aromatic rings. The van der Waals surface area contributed by atoms with Gasteiger partial charge >= 0.3 is 0 Å². The third kappa shape index (κ3) is 3.41. The predicted octanol–water partition coefficient (Wildman–Crippen LogP) is 8.53. The second-order valence-electron chi connectivity index (χ2n) is 9.69. The van der Waals surface area contributed by atoms with Crippen LogP contribution in [0.2, 0.25) is 0 Å². The monoisotopic (exact) mass is 503 g/mol. The van der Waals surface area contributed by atoms with Crippen molar-refractivity contribution in [2.45, 2.75) is 0 Å². The molecule has 3 aromatic heterocycles. The lowest BCUT2D eigenvalue weighted by Gasteiger charge is -2.11. The van der Waals surface area contributed by atoms with E-state index in [1.807, 2.05) is 72.9 Å². The lowest BCUT2D eigenvalue weighted by Crippen LogP contribution is -1.97. The Morgan fingerprint density at radius 2 is 1.31 bits per heavy atom. The van der Waals surface area contributed by atoms with Crippen molar-refractivity contribution in [3.8, 4) is 23.2 Å². The van der Waals surface area contributed by atoms with Crippen LogP contribution in [0.4, 0.5) is 0 Å². The number of ether oxygens (including phenoxy) is 1. The highest BCUT2D eigenvalue weighted by Crippen LogP contribution is 2.37. The first-order valence-electron chi connectivity index (χ1n) is 12.8. The number of phenolic OH excluding ortho intramolecular Hbond substituents is 1. The van der Waals surface area contributed by atoms with Crippen LogP contribution in [0.1, 0.15) is 0 Å². The van der Waals surface area contributed by atoms with Gasteiger partial charge in [0.05, 0.1) is 11.0 Å². The van der Waals surface area contributed by atoms with Crippen LogP contribution in [0.5, 0.6) is 17.4 Å². The number of phenols is 1. The van der Waals surface area contributed by atoms with Gasteiger partial charge in [0.15, 0.2) is 0 Å². The Bertz CT molecular complexity index is 2230. The van der Waals surface area contributed by atoms with Crippen LogP contribution in [-0.2, 0) is 0 Å². The highest BCUT2D eigenvalue weighted by Gasteiger charge is 2.15. The zero-order valence-electron chi connectivity index (χ0n) is 20.7. The van der Waals surface area contributed by atoms with Gasteiger partial charge in [-0.15, -0.1) is 0 Å². The number of pyridine rings is 2. The molecule has 5 nitrogen and oxygen atoms in total. The minimum absolute atomic E-state index is 0.132. The van der Waals surface area contributed by atoms with Crippen LogP contribution in [0.25, 0.3) is 60.1 Å². The zero-order chi connectivity index (χ0) is 25.9. The van der Waals surface area contributed by atoms with Gasteiger partial charge in [-0.2, -0.15) is 0 Å². The maximum atomic E-state index is 10.7. The van der Waals surface area contributed by atoms with Gasteiger partial charge in [0.25, 0.3) is 0 Å². The summed E-state index contributed by atoms with van der Waals surface area (Å²) < 4.78 is 8.44. The Hall–Kier alpha value is -5.42. The predicted molar refractivity (Wildman–Crippen MR) is 157 cm³/mol. The molecule has 0 saturated carbocycles. The van der Waals surface area contributed by atoms with E-state index in [9.17, 15) is 5.11 Å². The van der Waals surface area contributed by atoms with Gasteiger partial charge in [-0.1, -0.05) is 66.7 Å². The quantitative estimate of drug-likeness (QED) is 0.246. The third-order valence-corrected chi connectivity index (χ3v) is 7.37. The molecule has 5 heteroatoms. The number of benzene rings is 5. The fraction of sp³-hybridized carbons (Fsp3) is 0. The Morgan fingerprint density at radius 1 is 0.590 bits per heavy atom. The fourth-order valence-electron chi connectivity index (χ4n) is 5.57. The molecular formula is C34H21N3O2. The van der Waals surface area contributed by atoms with Crippen LogP contribution in [0, 0.1) is 0 Å². The van der Waals surface area contributed by atoms with Gasteiger partial charge in [-0.3, -0.25) is 4.57 Å². The van der Waals surface area contributed by atoms with Crippen molar-refractivity contribution >= 4 is 54.3 Å². The molecule has 0 atom stereocenters. The first kappa shape index (κ1) is 21.6. The van der Waals surface area contributed by atoms with Crippen LogP contribution >= 0.6 is 0 Å². The first-order valence-corrected chi connectivity index (χ1v) is 12.8. The summed E-state index contributed by atoms with van der Waals surface area (Å²) in [6, 6.07) is 38.3. The number of hydrogen-bond acceptors (Lipinski definition) is 4. The van der Waals surface area contributed by atoms with E-state index >= 15 is 0 Å². The second-order valence-corrected chi connectivity index (χ2v) is 9.69. The maximum Gasteiger partial charge on any atom is 0.219 e. The standard InChI is InChI=1S/C34H21N3O2/c38-31-17-22-8-3-4-10-25(22)28-15-16-33(36-34(28)31)39-24-13-14-27-26-11-5-6-12-29(26)37(30(27)19-24)32-18-21-7-1-2-9-23(21)20-35-32/h1-20,38H. The summed E-state index contributed by atoms with van der Waals surface area (Å²) >= 11 is 0. The van der Waals surface area contributed by atoms with Crippen molar-refractivity contribution in [3.63, 3.8) is 0 Å². The molecule has 39 heavy (non-hydrogen) atoms. The second kappa shape index (κ2) is 8.30. The van der Waals surface area contributed by atoms with Crippen LogP contribution < -0.4 is 4.74 Å². The van der Waals surface area contributed by atoms with E-state index in [0.717, 1.165) is 54.6 Å². The molecule has 0 bridgehead atoms. The van der Waals surface area contributed by atoms with Crippen molar-refractivity contribution in [1.82, 2.24) is 14.5 Å². The van der Waals surface area contributed by atoms with Gasteiger partial charge in [0, 0.05) is 39.9 Å². The lowest BCUT2D eigenvalue weighted by molar-refractivity contribution is 0.460. The molecule has 3 heterocycles. The summed E-state index contributed by atoms with van der Waals surface area (Å²) in [5.41, 5.74) is 2.58. The molecule has 1 N–H and O–H groups in total. The average molecular weight is 504 g/mol. The van der Waals surface area contributed by atoms with Crippen LogP contribution in [0.15, 0.2) is 121 Å². The molecule has 0 aliphatic rings. The molecule has 0 amide bonds. The van der Waals surface area contributed by atoms with E-state index in [1.54, 1.807) is 6.07 Å². The summed E-state index contributed by atoms with van der Waals surface area (Å²) in [6.07, 6.45) is 1.92. The smallest absolute Gasteiger partial charge is 0.219 e. The van der Waals surface area contributed by atoms with Crippen molar-refractivity contribution < 1.29 is 9.84 Å². The SMILES string of the molecule is Oc1cc2ccccc2c2ccc(Oc3ccc4c5ccccc5n(-c5cc6ccccc6cn5)c4c3)nc12.